The molecule has 0 amide bonds. The van der Waals surface area contributed by atoms with Gasteiger partial charge in [0.05, 0.1) is 0 Å². The van der Waals surface area contributed by atoms with E-state index in [1.807, 2.05) is 14.0 Å². The molecule has 0 bridgehead atoms. The van der Waals surface area contributed by atoms with Gasteiger partial charge in [-0.1, -0.05) is 12.1 Å². The van der Waals surface area contributed by atoms with Crippen LogP contribution in [0.25, 0.3) is 0 Å². The van der Waals surface area contributed by atoms with Crippen LogP contribution in [0.5, 0.6) is 0 Å². The lowest BCUT2D eigenvalue weighted by molar-refractivity contribution is 0.0706. The van der Waals surface area contributed by atoms with Crippen molar-refractivity contribution >= 4 is 12.4 Å². The quantitative estimate of drug-likeness (QED) is 0.832. The second kappa shape index (κ2) is 7.60. The fourth-order valence-electron chi connectivity index (χ4n) is 1.30. The van der Waals surface area contributed by atoms with Crippen molar-refractivity contribution in [2.75, 3.05) is 14.2 Å². The van der Waals surface area contributed by atoms with Crippen LogP contribution in [0.4, 0.5) is 0 Å². The second-order valence-corrected chi connectivity index (χ2v) is 3.58. The average molecular weight is 250 g/mol. The molecule has 0 saturated heterocycles. The molecule has 0 aliphatic rings. The van der Waals surface area contributed by atoms with Gasteiger partial charge in [-0.3, -0.25) is 0 Å². The van der Waals surface area contributed by atoms with Crippen molar-refractivity contribution in [3.8, 4) is 0 Å². The lowest BCUT2D eigenvalue weighted by atomic mass is 10.2. The predicted molar refractivity (Wildman–Crippen MR) is 63.8 cm³/mol. The molecule has 0 aliphatic carbocycles. The predicted octanol–water partition coefficient (Wildman–Crippen LogP) is 1.74. The molecular weight excluding hydrogens is 230 g/mol. The standard InChI is InChI=1S/C10H19N3O2.ClH/c1-5-8(14-4)10-12-9(13-15-10)6-7(2)11-3;/h7-8,11H,5-6H2,1-4H3;1H. The van der Waals surface area contributed by atoms with Crippen LogP contribution in [0.15, 0.2) is 4.52 Å². The van der Waals surface area contributed by atoms with E-state index in [-0.39, 0.29) is 18.5 Å². The van der Waals surface area contributed by atoms with E-state index in [2.05, 4.69) is 22.4 Å². The number of likely N-dealkylation sites (N-methyl/N-ethyl adjacent to an activating group) is 1. The van der Waals surface area contributed by atoms with Crippen molar-refractivity contribution in [3.05, 3.63) is 11.7 Å². The number of hydrogen-bond acceptors (Lipinski definition) is 5. The van der Waals surface area contributed by atoms with Gasteiger partial charge in [-0.15, -0.1) is 12.4 Å². The summed E-state index contributed by atoms with van der Waals surface area (Å²) in [6.07, 6.45) is 1.51. The van der Waals surface area contributed by atoms with Gasteiger partial charge >= 0.3 is 0 Å². The minimum Gasteiger partial charge on any atom is -0.372 e. The molecule has 1 aromatic heterocycles. The van der Waals surface area contributed by atoms with Crippen LogP contribution in [0.3, 0.4) is 0 Å². The highest BCUT2D eigenvalue weighted by Gasteiger charge is 2.16. The summed E-state index contributed by atoms with van der Waals surface area (Å²) in [4.78, 5) is 4.30. The van der Waals surface area contributed by atoms with Crippen LogP contribution in [-0.4, -0.2) is 30.3 Å². The maximum absolute atomic E-state index is 5.22. The molecule has 94 valence electrons. The van der Waals surface area contributed by atoms with Crippen molar-refractivity contribution < 1.29 is 9.26 Å². The van der Waals surface area contributed by atoms with Gasteiger partial charge in [0.1, 0.15) is 6.10 Å². The van der Waals surface area contributed by atoms with Gasteiger partial charge in [0, 0.05) is 19.6 Å². The van der Waals surface area contributed by atoms with Gasteiger partial charge < -0.3 is 14.6 Å². The molecule has 1 N–H and O–H groups in total. The van der Waals surface area contributed by atoms with Crippen LogP contribution in [0.2, 0.25) is 0 Å². The molecule has 0 aliphatic heterocycles. The highest BCUT2D eigenvalue weighted by atomic mass is 35.5. The van der Waals surface area contributed by atoms with Crippen LogP contribution in [0, 0.1) is 0 Å². The number of hydrogen-bond donors (Lipinski definition) is 1. The largest absolute Gasteiger partial charge is 0.372 e. The smallest absolute Gasteiger partial charge is 0.255 e. The van der Waals surface area contributed by atoms with E-state index in [0.717, 1.165) is 18.7 Å². The Bertz CT molecular complexity index is 289. The van der Waals surface area contributed by atoms with E-state index in [1.54, 1.807) is 7.11 Å². The number of nitrogens with one attached hydrogen (secondary N) is 1. The molecule has 0 spiro atoms. The molecule has 16 heavy (non-hydrogen) atoms. The Labute approximate surface area is 102 Å². The van der Waals surface area contributed by atoms with Crippen molar-refractivity contribution in [3.63, 3.8) is 0 Å². The molecule has 0 radical (unpaired) electrons. The lowest BCUT2D eigenvalue weighted by Gasteiger charge is -2.06. The first-order valence-corrected chi connectivity index (χ1v) is 5.23. The first-order chi connectivity index (χ1) is 7.21. The Morgan fingerprint density at radius 3 is 2.69 bits per heavy atom. The summed E-state index contributed by atoms with van der Waals surface area (Å²) in [7, 11) is 3.56. The summed E-state index contributed by atoms with van der Waals surface area (Å²) < 4.78 is 10.4. The SMILES string of the molecule is CCC(OC)c1nc(CC(C)NC)no1.Cl. The van der Waals surface area contributed by atoms with Gasteiger partial charge in [0.25, 0.3) is 5.89 Å². The average Bonchev–Trinajstić information content (AvgIpc) is 2.68. The first kappa shape index (κ1) is 15.3. The monoisotopic (exact) mass is 249 g/mol. The van der Waals surface area contributed by atoms with E-state index in [0.29, 0.717) is 11.9 Å². The van der Waals surface area contributed by atoms with Crippen molar-refractivity contribution in [1.29, 1.82) is 0 Å². The zero-order valence-corrected chi connectivity index (χ0v) is 11.0. The fourth-order valence-corrected chi connectivity index (χ4v) is 1.30. The molecule has 2 atom stereocenters. The van der Waals surface area contributed by atoms with Crippen LogP contribution in [-0.2, 0) is 11.2 Å². The Morgan fingerprint density at radius 2 is 2.19 bits per heavy atom. The van der Waals surface area contributed by atoms with Gasteiger partial charge in [0.2, 0.25) is 0 Å². The third-order valence-electron chi connectivity index (χ3n) is 2.40. The number of aromatic nitrogens is 2. The number of rotatable bonds is 6. The molecular formula is C10H20ClN3O2. The second-order valence-electron chi connectivity index (χ2n) is 3.58. The minimum atomic E-state index is -0.0869. The zero-order valence-electron chi connectivity index (χ0n) is 10.2. The van der Waals surface area contributed by atoms with Crippen molar-refractivity contribution in [2.45, 2.75) is 38.8 Å². The van der Waals surface area contributed by atoms with E-state index in [1.165, 1.54) is 0 Å². The highest BCUT2D eigenvalue weighted by molar-refractivity contribution is 5.85. The number of nitrogens with zero attached hydrogens (tertiary/aromatic N) is 2. The molecule has 0 saturated carbocycles. The summed E-state index contributed by atoms with van der Waals surface area (Å²) in [6.45, 7) is 4.10. The highest BCUT2D eigenvalue weighted by Crippen LogP contribution is 2.17. The molecule has 1 rings (SSSR count). The van der Waals surface area contributed by atoms with Gasteiger partial charge in [-0.25, -0.2) is 0 Å². The normalized spacial score (nSPS) is 14.2. The summed E-state index contributed by atoms with van der Waals surface area (Å²) in [5.74, 6) is 1.29. The Kier molecular flexibility index (Phi) is 7.29. The van der Waals surface area contributed by atoms with Gasteiger partial charge in [0.15, 0.2) is 5.82 Å². The molecule has 1 aromatic rings. The zero-order chi connectivity index (χ0) is 11.3. The maximum atomic E-state index is 5.22. The topological polar surface area (TPSA) is 60.2 Å². The number of ether oxygens (including phenoxy) is 1. The lowest BCUT2D eigenvalue weighted by Crippen LogP contribution is -2.24. The van der Waals surface area contributed by atoms with E-state index < -0.39 is 0 Å². The van der Waals surface area contributed by atoms with E-state index in [4.69, 9.17) is 9.26 Å². The molecule has 0 aromatic carbocycles. The third kappa shape index (κ3) is 4.08. The Morgan fingerprint density at radius 1 is 1.50 bits per heavy atom. The summed E-state index contributed by atoms with van der Waals surface area (Å²) >= 11 is 0. The molecule has 6 heteroatoms. The summed E-state index contributed by atoms with van der Waals surface area (Å²) in [5.41, 5.74) is 0. The molecule has 2 unspecified atom stereocenters. The molecule has 0 fully saturated rings. The fraction of sp³-hybridized carbons (Fsp3) is 0.800. The van der Waals surface area contributed by atoms with Crippen molar-refractivity contribution in [2.24, 2.45) is 0 Å². The maximum Gasteiger partial charge on any atom is 0.255 e. The Balaban J connectivity index is 0.00000225. The molecule has 1 heterocycles. The van der Waals surface area contributed by atoms with Crippen molar-refractivity contribution in [1.82, 2.24) is 15.5 Å². The first-order valence-electron chi connectivity index (χ1n) is 5.23. The van der Waals surface area contributed by atoms with Crippen LogP contribution < -0.4 is 5.32 Å². The molecule has 5 nitrogen and oxygen atoms in total. The van der Waals surface area contributed by atoms with Gasteiger partial charge in [-0.05, 0) is 20.4 Å². The van der Waals surface area contributed by atoms with Crippen LogP contribution in [0.1, 0.15) is 38.1 Å². The Hall–Kier alpha value is -0.650. The summed E-state index contributed by atoms with van der Waals surface area (Å²) in [5, 5.41) is 7.04. The van der Waals surface area contributed by atoms with E-state index >= 15 is 0 Å². The number of methoxy groups -OCH3 is 1. The number of halogens is 1. The minimum absolute atomic E-state index is 0. The van der Waals surface area contributed by atoms with E-state index in [9.17, 15) is 0 Å². The van der Waals surface area contributed by atoms with Crippen LogP contribution >= 0.6 is 12.4 Å². The van der Waals surface area contributed by atoms with Gasteiger partial charge in [-0.2, -0.15) is 4.98 Å². The third-order valence-corrected chi connectivity index (χ3v) is 2.40. The summed E-state index contributed by atoms with van der Waals surface area (Å²) in [6, 6.07) is 0.345.